The molecule has 1 aliphatic heterocycles. The first-order valence-corrected chi connectivity index (χ1v) is 8.43. The lowest BCUT2D eigenvalue weighted by atomic mass is 10.1. The van der Waals surface area contributed by atoms with Crippen molar-refractivity contribution >= 4 is 11.3 Å². The zero-order chi connectivity index (χ0) is 14.5. The predicted octanol–water partition coefficient (Wildman–Crippen LogP) is 4.50. The molecule has 1 aromatic rings. The van der Waals surface area contributed by atoms with E-state index in [-0.39, 0.29) is 6.04 Å². The van der Waals surface area contributed by atoms with Gasteiger partial charge in [-0.15, -0.1) is 16.4 Å². The summed E-state index contributed by atoms with van der Waals surface area (Å²) in [5, 5.41) is 2.06. The second-order valence-corrected chi connectivity index (χ2v) is 6.93. The molecule has 0 amide bonds. The summed E-state index contributed by atoms with van der Waals surface area (Å²) in [4.78, 5) is 8.37. The van der Waals surface area contributed by atoms with E-state index < -0.39 is 0 Å². The third-order valence-corrected chi connectivity index (χ3v) is 4.84. The van der Waals surface area contributed by atoms with Gasteiger partial charge in [0.2, 0.25) is 5.88 Å². The van der Waals surface area contributed by atoms with Crippen LogP contribution >= 0.6 is 11.3 Å². The number of nitrogens with two attached hydrogens (primary N) is 1. The molecule has 4 heteroatoms. The highest BCUT2D eigenvalue weighted by Gasteiger charge is 2.32. The van der Waals surface area contributed by atoms with Crippen LogP contribution in [-0.4, -0.2) is 11.1 Å². The van der Waals surface area contributed by atoms with Crippen molar-refractivity contribution in [1.29, 1.82) is 0 Å². The van der Waals surface area contributed by atoms with Gasteiger partial charge in [0.25, 0.3) is 0 Å². The molecule has 1 aliphatic rings. The van der Waals surface area contributed by atoms with Crippen molar-refractivity contribution in [2.45, 2.75) is 65.0 Å². The maximum Gasteiger partial charge on any atom is 0.207 e. The Labute approximate surface area is 126 Å². The summed E-state index contributed by atoms with van der Waals surface area (Å²) in [6.45, 7) is 6.61. The van der Waals surface area contributed by atoms with Gasteiger partial charge in [0.05, 0.1) is 0 Å². The van der Waals surface area contributed by atoms with E-state index in [1.54, 1.807) is 0 Å². The Morgan fingerprint density at radius 2 is 2.15 bits per heavy atom. The first-order valence-electron chi connectivity index (χ1n) is 7.61. The van der Waals surface area contributed by atoms with Crippen LogP contribution < -0.4 is 5.73 Å². The lowest BCUT2D eigenvalue weighted by Gasteiger charge is -2.28. The fourth-order valence-corrected chi connectivity index (χ4v) is 3.55. The number of hydrogen-bond donors (Lipinski definition) is 1. The quantitative estimate of drug-likeness (QED) is 0.752. The average Bonchev–Trinajstić information content (AvgIpc) is 3.00. The van der Waals surface area contributed by atoms with Gasteiger partial charge in [0.15, 0.2) is 0 Å². The molecule has 1 aromatic heterocycles. The average molecular weight is 294 g/mol. The van der Waals surface area contributed by atoms with Crippen molar-refractivity contribution in [1.82, 2.24) is 5.06 Å². The summed E-state index contributed by atoms with van der Waals surface area (Å²) in [7, 11) is 0. The molecule has 112 valence electrons. The fourth-order valence-electron chi connectivity index (χ4n) is 2.62. The SMILES string of the molecule is CCCCCCC(C)N1OC(N)=CC1c1ccc(C)s1. The van der Waals surface area contributed by atoms with Crippen molar-refractivity contribution in [2.75, 3.05) is 0 Å². The van der Waals surface area contributed by atoms with Gasteiger partial charge in [-0.25, -0.2) is 0 Å². The summed E-state index contributed by atoms with van der Waals surface area (Å²) in [6, 6.07) is 4.90. The molecule has 20 heavy (non-hydrogen) atoms. The van der Waals surface area contributed by atoms with E-state index in [0.717, 1.165) is 6.42 Å². The monoisotopic (exact) mass is 294 g/mol. The van der Waals surface area contributed by atoms with E-state index in [0.29, 0.717) is 11.9 Å². The number of thiophene rings is 1. The van der Waals surface area contributed by atoms with Crippen LogP contribution in [0.4, 0.5) is 0 Å². The first kappa shape index (κ1) is 15.4. The fraction of sp³-hybridized carbons (Fsp3) is 0.625. The zero-order valence-corrected chi connectivity index (χ0v) is 13.6. The summed E-state index contributed by atoms with van der Waals surface area (Å²) in [6.07, 6.45) is 8.34. The summed E-state index contributed by atoms with van der Waals surface area (Å²) < 4.78 is 0. The maximum absolute atomic E-state index is 5.88. The molecule has 0 saturated carbocycles. The normalized spacial score (nSPS) is 20.8. The van der Waals surface area contributed by atoms with Crippen LogP contribution in [0, 0.1) is 6.92 Å². The minimum atomic E-state index is 0.176. The number of hydrogen-bond acceptors (Lipinski definition) is 4. The minimum Gasteiger partial charge on any atom is -0.387 e. The molecule has 2 N–H and O–H groups in total. The van der Waals surface area contributed by atoms with Gasteiger partial charge in [-0.3, -0.25) is 0 Å². The van der Waals surface area contributed by atoms with Gasteiger partial charge in [0.1, 0.15) is 6.04 Å². The molecule has 0 fully saturated rings. The van der Waals surface area contributed by atoms with Gasteiger partial charge in [-0.05, 0) is 32.4 Å². The van der Waals surface area contributed by atoms with E-state index in [2.05, 4.69) is 38.0 Å². The predicted molar refractivity (Wildman–Crippen MR) is 85.2 cm³/mol. The van der Waals surface area contributed by atoms with Crippen molar-refractivity contribution in [3.05, 3.63) is 33.8 Å². The molecule has 2 rings (SSSR count). The van der Waals surface area contributed by atoms with Gasteiger partial charge >= 0.3 is 0 Å². The lowest BCUT2D eigenvalue weighted by Crippen LogP contribution is -2.32. The standard InChI is InChI=1S/C16H26N2OS/c1-4-5-6-7-8-12(2)18-14(11-16(17)19-18)15-10-9-13(3)20-15/h9-12,14H,4-8,17H2,1-3H3. The van der Waals surface area contributed by atoms with Gasteiger partial charge < -0.3 is 10.6 Å². The largest absolute Gasteiger partial charge is 0.387 e. The van der Waals surface area contributed by atoms with Gasteiger partial charge in [0, 0.05) is 21.9 Å². The second-order valence-electron chi connectivity index (χ2n) is 5.61. The molecule has 0 aromatic carbocycles. The molecule has 2 unspecified atom stereocenters. The Hall–Kier alpha value is -1.00. The van der Waals surface area contributed by atoms with Crippen molar-refractivity contribution in [2.24, 2.45) is 5.73 Å². The number of unbranched alkanes of at least 4 members (excludes halogenated alkanes) is 3. The van der Waals surface area contributed by atoms with Crippen LogP contribution in [0.2, 0.25) is 0 Å². The highest BCUT2D eigenvalue weighted by molar-refractivity contribution is 7.12. The van der Waals surface area contributed by atoms with Gasteiger partial charge in [-0.1, -0.05) is 32.6 Å². The molecular weight excluding hydrogens is 268 g/mol. The Morgan fingerprint density at radius 3 is 2.80 bits per heavy atom. The van der Waals surface area contributed by atoms with Crippen LogP contribution in [0.1, 0.15) is 61.7 Å². The topological polar surface area (TPSA) is 38.5 Å². The van der Waals surface area contributed by atoms with Crippen molar-refractivity contribution in [3.63, 3.8) is 0 Å². The molecule has 0 saturated heterocycles. The zero-order valence-electron chi connectivity index (χ0n) is 12.8. The maximum atomic E-state index is 5.88. The minimum absolute atomic E-state index is 0.176. The summed E-state index contributed by atoms with van der Waals surface area (Å²) in [5.74, 6) is 0.529. The lowest BCUT2D eigenvalue weighted by molar-refractivity contribution is -0.149. The molecule has 3 nitrogen and oxygen atoms in total. The second kappa shape index (κ2) is 7.14. The van der Waals surface area contributed by atoms with E-state index in [4.69, 9.17) is 10.6 Å². The Morgan fingerprint density at radius 1 is 1.35 bits per heavy atom. The van der Waals surface area contributed by atoms with Gasteiger partial charge in [-0.2, -0.15) is 0 Å². The van der Waals surface area contributed by atoms with Crippen molar-refractivity contribution < 1.29 is 4.84 Å². The molecule has 0 bridgehead atoms. The summed E-state index contributed by atoms with van der Waals surface area (Å²) >= 11 is 1.82. The number of aryl methyl sites for hydroxylation is 1. The molecule has 2 atom stereocenters. The molecule has 2 heterocycles. The third kappa shape index (κ3) is 3.76. The van der Waals surface area contributed by atoms with Crippen LogP contribution in [0.3, 0.4) is 0 Å². The molecule has 0 aliphatic carbocycles. The first-order chi connectivity index (χ1) is 9.61. The smallest absolute Gasteiger partial charge is 0.207 e. The van der Waals surface area contributed by atoms with E-state index in [9.17, 15) is 0 Å². The van der Waals surface area contributed by atoms with Crippen LogP contribution in [0.15, 0.2) is 24.1 Å². The van der Waals surface area contributed by atoms with Crippen LogP contribution in [0.25, 0.3) is 0 Å². The number of hydroxylamine groups is 2. The number of nitrogens with zero attached hydrogens (tertiary/aromatic N) is 1. The van der Waals surface area contributed by atoms with Crippen molar-refractivity contribution in [3.8, 4) is 0 Å². The highest BCUT2D eigenvalue weighted by Crippen LogP contribution is 2.36. The van der Waals surface area contributed by atoms with E-state index in [1.165, 1.54) is 35.4 Å². The molecule has 0 spiro atoms. The Kier molecular flexibility index (Phi) is 5.49. The van der Waals surface area contributed by atoms with E-state index in [1.807, 2.05) is 17.4 Å². The molecular formula is C16H26N2OS. The highest BCUT2D eigenvalue weighted by atomic mass is 32.1. The van der Waals surface area contributed by atoms with Crippen LogP contribution in [0.5, 0.6) is 0 Å². The van der Waals surface area contributed by atoms with Crippen LogP contribution in [-0.2, 0) is 4.84 Å². The number of rotatable bonds is 7. The summed E-state index contributed by atoms with van der Waals surface area (Å²) in [5.41, 5.74) is 5.88. The Balaban J connectivity index is 1.96. The van der Waals surface area contributed by atoms with E-state index >= 15 is 0 Å². The Bertz CT molecular complexity index is 455. The third-order valence-electron chi connectivity index (χ3n) is 3.77. The molecule has 0 radical (unpaired) electrons.